The highest BCUT2D eigenvalue weighted by Gasteiger charge is 2.04. The summed E-state index contributed by atoms with van der Waals surface area (Å²) < 4.78 is 0. The molecule has 0 aliphatic carbocycles. The van der Waals surface area contributed by atoms with Gasteiger partial charge in [-0.05, 0) is 90.9 Å². The van der Waals surface area contributed by atoms with Crippen LogP contribution in [-0.2, 0) is 9.59 Å². The second kappa shape index (κ2) is 27.1. The molecule has 0 bridgehead atoms. The second-order valence-electron chi connectivity index (χ2n) is 8.97. The zero-order valence-corrected chi connectivity index (χ0v) is 23.2. The van der Waals surface area contributed by atoms with Crippen LogP contribution in [0.25, 0.3) is 0 Å². The predicted molar refractivity (Wildman–Crippen MR) is 158 cm³/mol. The normalized spacial score (nSPS) is 13.0. The Morgan fingerprint density at radius 3 is 1.53 bits per heavy atom. The summed E-state index contributed by atoms with van der Waals surface area (Å²) in [5, 5.41) is 0. The van der Waals surface area contributed by atoms with Crippen molar-refractivity contribution in [1.82, 2.24) is 4.90 Å². The van der Waals surface area contributed by atoms with Gasteiger partial charge in [0.25, 0.3) is 0 Å². The van der Waals surface area contributed by atoms with Gasteiger partial charge in [-0.25, -0.2) is 0 Å². The molecule has 0 N–H and O–H groups in total. The zero-order valence-electron chi connectivity index (χ0n) is 23.2. The monoisotopic (exact) mass is 493 g/mol. The van der Waals surface area contributed by atoms with Gasteiger partial charge in [-0.1, -0.05) is 85.9 Å². The highest BCUT2D eigenvalue weighted by molar-refractivity contribution is 5.89. The Balaban J connectivity index is 3.64. The van der Waals surface area contributed by atoms with E-state index in [0.29, 0.717) is 25.0 Å². The average molecular weight is 494 g/mol. The molecule has 0 atom stereocenters. The van der Waals surface area contributed by atoms with Crippen LogP contribution in [0.2, 0.25) is 0 Å². The van der Waals surface area contributed by atoms with Crippen molar-refractivity contribution in [2.45, 2.75) is 90.9 Å². The van der Waals surface area contributed by atoms with Crippen LogP contribution in [0, 0.1) is 0 Å². The molecule has 0 amide bonds. The quantitative estimate of drug-likeness (QED) is 0.106. The Morgan fingerprint density at radius 2 is 1.06 bits per heavy atom. The van der Waals surface area contributed by atoms with Crippen LogP contribution in [-0.4, -0.2) is 36.6 Å². The molecule has 0 aromatic carbocycles. The Kier molecular flexibility index (Phi) is 25.2. The summed E-state index contributed by atoms with van der Waals surface area (Å²) in [7, 11) is 2.06. The SMILES string of the molecule is C/C=C/C(=O)CCCN(C)CCCC(=O)CC/C=C\C/C=C\C/C=C\C/C=C\C/C=C\C/C=C\CC. The highest BCUT2D eigenvalue weighted by Crippen LogP contribution is 2.03. The maximum Gasteiger partial charge on any atom is 0.155 e. The first kappa shape index (κ1) is 33.5. The van der Waals surface area contributed by atoms with E-state index in [-0.39, 0.29) is 5.78 Å². The lowest BCUT2D eigenvalue weighted by Gasteiger charge is -2.15. The average Bonchev–Trinajstić information content (AvgIpc) is 2.85. The van der Waals surface area contributed by atoms with E-state index in [9.17, 15) is 9.59 Å². The fraction of sp³-hybridized carbons (Fsp3) is 0.515. The van der Waals surface area contributed by atoms with Crippen molar-refractivity contribution < 1.29 is 9.59 Å². The molecule has 0 saturated heterocycles. The summed E-state index contributed by atoms with van der Waals surface area (Å²) in [5.41, 5.74) is 0. The summed E-state index contributed by atoms with van der Waals surface area (Å²) >= 11 is 0. The number of hydrogen-bond donors (Lipinski definition) is 0. The summed E-state index contributed by atoms with van der Waals surface area (Å²) in [6.45, 7) is 5.82. The lowest BCUT2D eigenvalue weighted by Crippen LogP contribution is -2.22. The molecule has 3 nitrogen and oxygen atoms in total. The summed E-state index contributed by atoms with van der Waals surface area (Å²) in [6, 6.07) is 0. The first-order valence-corrected chi connectivity index (χ1v) is 13.9. The molecule has 0 aliphatic rings. The van der Waals surface area contributed by atoms with Gasteiger partial charge < -0.3 is 4.90 Å². The minimum absolute atomic E-state index is 0.190. The third-order valence-electron chi connectivity index (χ3n) is 5.50. The second-order valence-corrected chi connectivity index (χ2v) is 8.97. The lowest BCUT2D eigenvalue weighted by molar-refractivity contribution is -0.119. The highest BCUT2D eigenvalue weighted by atomic mass is 16.1. The van der Waals surface area contributed by atoms with Gasteiger partial charge in [0.1, 0.15) is 5.78 Å². The van der Waals surface area contributed by atoms with E-state index in [2.05, 4.69) is 91.8 Å². The van der Waals surface area contributed by atoms with Crippen molar-refractivity contribution in [3.05, 3.63) is 85.1 Å². The zero-order chi connectivity index (χ0) is 26.5. The van der Waals surface area contributed by atoms with Gasteiger partial charge in [0.05, 0.1) is 0 Å². The molecule has 0 aromatic heterocycles. The fourth-order valence-corrected chi connectivity index (χ4v) is 3.46. The molecule has 36 heavy (non-hydrogen) atoms. The van der Waals surface area contributed by atoms with Crippen LogP contribution < -0.4 is 0 Å². The molecular formula is C33H51NO2. The molecule has 0 rings (SSSR count). The van der Waals surface area contributed by atoms with Gasteiger partial charge in [-0.3, -0.25) is 9.59 Å². The third-order valence-corrected chi connectivity index (χ3v) is 5.50. The van der Waals surface area contributed by atoms with Crippen molar-refractivity contribution in [2.75, 3.05) is 20.1 Å². The van der Waals surface area contributed by atoms with Gasteiger partial charge in [-0.2, -0.15) is 0 Å². The number of allylic oxidation sites excluding steroid dienone is 14. The van der Waals surface area contributed by atoms with Crippen LogP contribution in [0.4, 0.5) is 0 Å². The number of carbonyl (C=O) groups excluding carboxylic acids is 2. The van der Waals surface area contributed by atoms with Gasteiger partial charge >= 0.3 is 0 Å². The summed E-state index contributed by atoms with van der Waals surface area (Å²) in [5.74, 6) is 0.529. The first-order valence-electron chi connectivity index (χ1n) is 13.9. The lowest BCUT2D eigenvalue weighted by atomic mass is 10.1. The van der Waals surface area contributed by atoms with E-state index in [1.165, 1.54) is 0 Å². The van der Waals surface area contributed by atoms with Crippen LogP contribution in [0.15, 0.2) is 85.1 Å². The number of carbonyl (C=O) groups is 2. The van der Waals surface area contributed by atoms with Gasteiger partial charge in [0, 0.05) is 19.3 Å². The van der Waals surface area contributed by atoms with Crippen molar-refractivity contribution >= 4 is 11.6 Å². The van der Waals surface area contributed by atoms with E-state index in [1.807, 2.05) is 6.92 Å². The minimum atomic E-state index is 0.190. The molecular weight excluding hydrogens is 442 g/mol. The Morgan fingerprint density at radius 1 is 0.611 bits per heavy atom. The molecule has 0 fully saturated rings. The number of hydrogen-bond acceptors (Lipinski definition) is 3. The van der Waals surface area contributed by atoms with Crippen molar-refractivity contribution in [2.24, 2.45) is 0 Å². The van der Waals surface area contributed by atoms with E-state index in [4.69, 9.17) is 0 Å². The molecule has 0 aliphatic heterocycles. The summed E-state index contributed by atoms with van der Waals surface area (Å²) in [4.78, 5) is 25.7. The van der Waals surface area contributed by atoms with Crippen molar-refractivity contribution in [3.63, 3.8) is 0 Å². The Bertz CT molecular complexity index is 750. The van der Waals surface area contributed by atoms with Crippen LogP contribution >= 0.6 is 0 Å². The number of nitrogens with zero attached hydrogens (tertiary/aromatic N) is 1. The standard InChI is InChI=1S/C33H51NO2/c1-4-6-7-8-9-10-11-12-13-14-15-16-17-18-19-20-21-22-23-27-33(36)29-25-31-34(3)30-24-28-32(35)26-5-2/h5-7,9-10,12-13,15-16,18-19,21-22,26H,4,8,11,14,17,20,23-25,27-31H2,1-3H3/b7-6-,10-9-,13-12-,16-15-,19-18-,22-21-,26-5+. The van der Waals surface area contributed by atoms with E-state index < -0.39 is 0 Å². The smallest absolute Gasteiger partial charge is 0.155 e. The first-order chi connectivity index (χ1) is 17.6. The van der Waals surface area contributed by atoms with Crippen LogP contribution in [0.1, 0.15) is 90.9 Å². The summed E-state index contributed by atoms with van der Waals surface area (Å²) in [6.07, 6.45) is 40.2. The predicted octanol–water partition coefficient (Wildman–Crippen LogP) is 8.67. The van der Waals surface area contributed by atoms with Gasteiger partial charge in [-0.15, -0.1) is 0 Å². The number of Topliss-reactive ketones (excluding diaryl/α,β-unsaturated/α-hetero) is 1. The van der Waals surface area contributed by atoms with Gasteiger partial charge in [0.15, 0.2) is 5.78 Å². The fourth-order valence-electron chi connectivity index (χ4n) is 3.46. The molecule has 0 heterocycles. The largest absolute Gasteiger partial charge is 0.306 e. The van der Waals surface area contributed by atoms with E-state index in [1.54, 1.807) is 12.2 Å². The maximum absolute atomic E-state index is 12.0. The molecule has 0 saturated carbocycles. The van der Waals surface area contributed by atoms with Crippen LogP contribution in [0.3, 0.4) is 0 Å². The van der Waals surface area contributed by atoms with E-state index >= 15 is 0 Å². The molecule has 0 spiro atoms. The molecule has 0 radical (unpaired) electrons. The minimum Gasteiger partial charge on any atom is -0.306 e. The number of ketones is 2. The van der Waals surface area contributed by atoms with Gasteiger partial charge in [0.2, 0.25) is 0 Å². The molecule has 200 valence electrons. The third kappa shape index (κ3) is 26.1. The molecule has 3 heteroatoms. The van der Waals surface area contributed by atoms with Crippen molar-refractivity contribution in [3.8, 4) is 0 Å². The Hall–Kier alpha value is -2.52. The maximum atomic E-state index is 12.0. The topological polar surface area (TPSA) is 37.4 Å². The van der Waals surface area contributed by atoms with E-state index in [0.717, 1.165) is 70.9 Å². The number of rotatable bonds is 23. The van der Waals surface area contributed by atoms with Crippen LogP contribution in [0.5, 0.6) is 0 Å². The van der Waals surface area contributed by atoms with Crippen molar-refractivity contribution in [1.29, 1.82) is 0 Å². The molecule has 0 unspecified atom stereocenters. The molecule has 0 aromatic rings. The Labute approximate surface area is 222 Å².